The van der Waals surface area contributed by atoms with Crippen molar-refractivity contribution >= 4 is 64.3 Å². The Bertz CT molecular complexity index is 2300. The Morgan fingerprint density at radius 1 is 1.04 bits per heavy atom. The van der Waals surface area contributed by atoms with E-state index in [0.717, 1.165) is 4.88 Å². The van der Waals surface area contributed by atoms with Crippen LogP contribution in [0.1, 0.15) is 91.0 Å². The highest BCUT2D eigenvalue weighted by molar-refractivity contribution is 7.13. The Labute approximate surface area is 416 Å². The van der Waals surface area contributed by atoms with Gasteiger partial charge in [0.15, 0.2) is 5.41 Å². The van der Waals surface area contributed by atoms with Crippen LogP contribution in [0.25, 0.3) is 10.4 Å². The van der Waals surface area contributed by atoms with Gasteiger partial charge < -0.3 is 40.7 Å². The van der Waals surface area contributed by atoms with Crippen LogP contribution in [-0.4, -0.2) is 165 Å². The molecule has 1 aliphatic carbocycles. The summed E-state index contributed by atoms with van der Waals surface area (Å²) >= 11 is 7.84. The van der Waals surface area contributed by atoms with Crippen molar-refractivity contribution in [1.82, 2.24) is 40.5 Å². The van der Waals surface area contributed by atoms with Gasteiger partial charge in [0.05, 0.1) is 23.0 Å². The molecule has 6 rings (SSSR count). The Morgan fingerprint density at radius 3 is 2.37 bits per heavy atom. The van der Waals surface area contributed by atoms with Crippen molar-refractivity contribution in [3.63, 3.8) is 0 Å². The summed E-state index contributed by atoms with van der Waals surface area (Å²) < 4.78 is 85.3. The van der Waals surface area contributed by atoms with Gasteiger partial charge in [-0.25, -0.2) is 13.2 Å². The highest BCUT2D eigenvalue weighted by Crippen LogP contribution is 2.61. The van der Waals surface area contributed by atoms with Crippen molar-refractivity contribution in [3.05, 3.63) is 40.5 Å². The molecule has 3 saturated heterocycles. The quantitative estimate of drug-likeness (QED) is 0.219. The Hall–Kier alpha value is -5.03. The van der Waals surface area contributed by atoms with Gasteiger partial charge in [0.25, 0.3) is 5.92 Å². The molecule has 8 atom stereocenters. The van der Waals surface area contributed by atoms with Crippen molar-refractivity contribution in [2.45, 2.75) is 153 Å². The summed E-state index contributed by atoms with van der Waals surface area (Å²) in [7, 11) is 1.40. The first kappa shape index (κ1) is 55.3. The lowest BCUT2D eigenvalue weighted by molar-refractivity contribution is -0.299. The van der Waals surface area contributed by atoms with Gasteiger partial charge in [-0.3, -0.25) is 38.5 Å². The van der Waals surface area contributed by atoms with E-state index < -0.39 is 133 Å². The van der Waals surface area contributed by atoms with Crippen LogP contribution in [-0.2, 0) is 40.0 Å². The zero-order valence-electron chi connectivity index (χ0n) is 40.1. The highest BCUT2D eigenvalue weighted by atomic mass is 35.5. The number of aliphatic hydroxyl groups is 1. The number of aromatic nitrogens is 1. The number of aliphatic hydroxyl groups excluding tert-OH is 1. The lowest BCUT2D eigenvalue weighted by Gasteiger charge is -2.48. The molecule has 3 aliphatic heterocycles. The molecule has 0 unspecified atom stereocenters. The monoisotopic (exact) mass is 1050 g/mol. The molecule has 4 heterocycles. The second-order valence-corrected chi connectivity index (χ2v) is 20.9. The number of rotatable bonds is 12. The number of likely N-dealkylation sites (N-methyl/N-ethyl adjacent to an activating group) is 1. The number of alkyl halides is 6. The van der Waals surface area contributed by atoms with E-state index in [-0.39, 0.29) is 70.5 Å². The summed E-state index contributed by atoms with van der Waals surface area (Å²) in [6, 6.07) is -3.32. The predicted molar refractivity (Wildman–Crippen MR) is 248 cm³/mol. The molecule has 0 spiro atoms. The molecule has 1 aromatic heterocycles. The fourth-order valence-electron chi connectivity index (χ4n) is 10.1. The van der Waals surface area contributed by atoms with E-state index >= 15 is 0 Å². The topological polar surface area (TPSA) is 202 Å². The van der Waals surface area contributed by atoms with Gasteiger partial charge in [-0.2, -0.15) is 13.2 Å². The number of nitrogens with one attached hydrogen (secondary N) is 3. The third kappa shape index (κ3) is 12.3. The summed E-state index contributed by atoms with van der Waals surface area (Å²) in [6.45, 7) is 5.38. The van der Waals surface area contributed by atoms with E-state index in [9.17, 15) is 65.0 Å². The molecule has 0 bridgehead atoms. The maximum absolute atomic E-state index is 14.9. The molecule has 1 saturated carbocycles. The van der Waals surface area contributed by atoms with Crippen LogP contribution < -0.4 is 16.0 Å². The molecule has 2 aromatic rings. The van der Waals surface area contributed by atoms with Crippen LogP contribution in [0.3, 0.4) is 0 Å². The smallest absolute Gasteiger partial charge is 0.391 e. The van der Waals surface area contributed by atoms with E-state index in [2.05, 4.69) is 20.9 Å². The number of halogens is 7. The van der Waals surface area contributed by atoms with Gasteiger partial charge in [-0.1, -0.05) is 38.4 Å². The minimum Gasteiger partial charge on any atom is -0.391 e. The summed E-state index contributed by atoms with van der Waals surface area (Å²) in [5.74, 6) is -10.6. The van der Waals surface area contributed by atoms with E-state index in [1.54, 1.807) is 36.8 Å². The molecule has 24 heteroatoms. The predicted octanol–water partition coefficient (Wildman–Crippen LogP) is 4.65. The van der Waals surface area contributed by atoms with E-state index in [4.69, 9.17) is 11.6 Å². The third-order valence-electron chi connectivity index (χ3n) is 13.7. The Morgan fingerprint density at radius 2 is 1.75 bits per heavy atom. The largest absolute Gasteiger partial charge is 0.403 e. The summed E-state index contributed by atoms with van der Waals surface area (Å²) in [6.07, 6.45) is -10.7. The van der Waals surface area contributed by atoms with Gasteiger partial charge >= 0.3 is 6.18 Å². The summed E-state index contributed by atoms with van der Waals surface area (Å²) in [4.78, 5) is 109. The van der Waals surface area contributed by atoms with Crippen LogP contribution >= 0.6 is 22.9 Å². The molecule has 392 valence electrons. The lowest BCUT2D eigenvalue weighted by Crippen LogP contribution is -2.65. The van der Waals surface area contributed by atoms with Gasteiger partial charge in [0.1, 0.15) is 42.4 Å². The molecular formula is C47H61ClF6N8O8S. The van der Waals surface area contributed by atoms with Crippen molar-refractivity contribution in [1.29, 1.82) is 0 Å². The molecule has 1 aromatic carbocycles. The standard InChI is InChI=1S/C47H61ClF6N8O8S/c1-6-13-60(41(67)26(4)57-40(66)34-17-29(49)20-62(34)44(70)45(47(52,53)54)22-46(50,51)23-45)33-9-7-8-12-56-38(64)35-18-30(63)21-61(35)43(69)36(59(5)42(68)32(14-25(2)3)58-39(33)65)16-27-15-28(48)10-11-31(27)37-19-55-24-71-37/h10-11,15,19,24-26,29-30,32-36,63H,6-9,12-14,16-18,20-23H2,1-5H3,(H,56,64)(H,57,66)(H,58,65)/t26-,29+,30-,32-,33-,34-,35+,36-/m0/s1. The lowest BCUT2D eigenvalue weighted by atomic mass is 9.64. The Balaban J connectivity index is 1.29. The van der Waals surface area contributed by atoms with E-state index in [1.165, 1.54) is 40.0 Å². The average Bonchev–Trinajstić information content (AvgIpc) is 4.06. The number of benzene rings is 1. The second-order valence-electron chi connectivity index (χ2n) is 19.6. The zero-order chi connectivity index (χ0) is 52.3. The number of carbonyl (C=O) groups excluding carboxylic acids is 7. The molecule has 16 nitrogen and oxygen atoms in total. The number of thiazole rings is 1. The molecule has 0 radical (unpaired) electrons. The van der Waals surface area contributed by atoms with Crippen molar-refractivity contribution < 1.29 is 65.0 Å². The molecule has 4 aliphatic rings. The third-order valence-corrected chi connectivity index (χ3v) is 14.8. The minimum absolute atomic E-state index is 0.0321. The number of hydrogen-bond donors (Lipinski definition) is 4. The minimum atomic E-state index is -5.43. The summed E-state index contributed by atoms with van der Waals surface area (Å²) in [5, 5.41) is 19.2. The van der Waals surface area contributed by atoms with E-state index in [1.807, 2.05) is 13.8 Å². The van der Waals surface area contributed by atoms with Crippen LogP contribution in [0.15, 0.2) is 29.9 Å². The number of likely N-dealkylation sites (tertiary alicyclic amines) is 1. The number of carbonyl (C=O) groups is 7. The summed E-state index contributed by atoms with van der Waals surface area (Å²) in [5.41, 5.74) is -0.641. The Kier molecular flexibility index (Phi) is 17.4. The molecule has 4 fully saturated rings. The number of fused-ring (bicyclic) bond motifs is 1. The second kappa shape index (κ2) is 22.4. The van der Waals surface area contributed by atoms with Crippen LogP contribution in [0, 0.1) is 11.3 Å². The molecule has 71 heavy (non-hydrogen) atoms. The number of hydrogen-bond acceptors (Lipinski definition) is 10. The average molecular weight is 1050 g/mol. The van der Waals surface area contributed by atoms with Crippen LogP contribution in [0.4, 0.5) is 26.3 Å². The van der Waals surface area contributed by atoms with E-state index in [0.29, 0.717) is 21.0 Å². The first-order valence-corrected chi connectivity index (χ1v) is 25.1. The maximum Gasteiger partial charge on any atom is 0.403 e. The molecule has 4 N–H and O–H groups in total. The SMILES string of the molecule is CCCN(C(=O)[C@H](C)NC(=O)[C@@H]1C[C@@H](F)CN1C(=O)C1(C(F)(F)F)CC(F)(F)C1)[C@H]1CCCCNC(=O)[C@H]2C[C@H](O)CN2C(=O)[C@H](Cc2cc(Cl)ccc2-c2cncs2)N(C)C(=O)[C@H](CC(C)C)NC1=O. The van der Waals surface area contributed by atoms with Gasteiger partial charge in [-0.05, 0) is 68.2 Å². The van der Waals surface area contributed by atoms with Crippen molar-refractivity contribution in [2.75, 3.05) is 33.2 Å². The first-order valence-electron chi connectivity index (χ1n) is 23.8. The fourth-order valence-corrected chi connectivity index (χ4v) is 11.0. The number of nitrogens with zero attached hydrogens (tertiary/aromatic N) is 5. The highest BCUT2D eigenvalue weighted by Gasteiger charge is 2.75. The first-order chi connectivity index (χ1) is 33.3. The van der Waals surface area contributed by atoms with Crippen molar-refractivity contribution in [2.24, 2.45) is 11.3 Å². The van der Waals surface area contributed by atoms with Crippen molar-refractivity contribution in [3.8, 4) is 10.4 Å². The van der Waals surface area contributed by atoms with Gasteiger partial charge in [0.2, 0.25) is 41.4 Å². The van der Waals surface area contributed by atoms with Crippen LogP contribution in [0.2, 0.25) is 5.02 Å². The van der Waals surface area contributed by atoms with Gasteiger partial charge in [-0.15, -0.1) is 11.3 Å². The number of amides is 7. The zero-order valence-corrected chi connectivity index (χ0v) is 41.6. The maximum atomic E-state index is 14.9. The van der Waals surface area contributed by atoms with Crippen LogP contribution in [0.5, 0.6) is 0 Å². The van der Waals surface area contributed by atoms with Gasteiger partial charge in [0, 0.05) is 70.0 Å². The normalized spacial score (nSPS) is 26.9. The molecular weight excluding hydrogens is 986 g/mol. The molecule has 7 amide bonds. The fraction of sp³-hybridized carbons (Fsp3) is 0.660.